The molecule has 3 N–H and O–H groups in total. The number of nitrogen functional groups attached to an aromatic ring is 1. The van der Waals surface area contributed by atoms with Crippen molar-refractivity contribution in [2.75, 3.05) is 33.5 Å². The highest BCUT2D eigenvalue weighted by molar-refractivity contribution is 6.08. The molecule has 5 rings (SSSR count). The molecule has 0 saturated carbocycles. The number of ether oxygens (including phenoxy) is 5. The number of hydrogen-bond acceptors (Lipinski definition) is 16. The van der Waals surface area contributed by atoms with Gasteiger partial charge in [-0.15, -0.1) is 5.10 Å². The molecule has 2 aromatic rings. The van der Waals surface area contributed by atoms with E-state index >= 15 is 4.39 Å². The molecule has 60 heavy (non-hydrogen) atoms. The monoisotopic (exact) mass is 842 g/mol. The Bertz CT molecular complexity index is 1970. The lowest BCUT2D eigenvalue weighted by Crippen LogP contribution is -2.61. The SMILES string of the molecule is CC[C@H]1OC(=O)[C@@](C)(F)C(=O)[C@H](C)[C@@H](O[C@@H]2O[C@H](C)CC(N(C)C)C2O)[C@](C)(OC)C[C@@H](C)C(=O)[C@H](C)[C@H]2N(CC#CCn3cc(-c4nccc(N)n4)nn3)C(=O)O[C@]12C. The van der Waals surface area contributed by atoms with Crippen LogP contribution in [0.1, 0.15) is 74.7 Å². The van der Waals surface area contributed by atoms with Gasteiger partial charge in [-0.2, -0.15) is 0 Å². The number of fused-ring (bicyclic) bond motifs is 1. The summed E-state index contributed by atoms with van der Waals surface area (Å²) in [4.78, 5) is 68.0. The third-order valence-electron chi connectivity index (χ3n) is 12.2. The summed E-state index contributed by atoms with van der Waals surface area (Å²) < 4.78 is 48.7. The van der Waals surface area contributed by atoms with Crippen molar-refractivity contribution in [3.8, 4) is 23.4 Å². The molecule has 2 aromatic heterocycles. The number of cyclic esters (lactones) is 1. The first kappa shape index (κ1) is 46.5. The Labute approximate surface area is 350 Å². The van der Waals surface area contributed by atoms with Crippen LogP contribution in [0.15, 0.2) is 18.5 Å². The number of aliphatic hydroxyl groups excluding tert-OH is 1. The number of alkyl halides is 1. The minimum absolute atomic E-state index is 0.0306. The molecule has 3 aliphatic rings. The first-order chi connectivity index (χ1) is 28.1. The summed E-state index contributed by atoms with van der Waals surface area (Å²) in [5.74, 6) is 0.337. The van der Waals surface area contributed by atoms with Crippen LogP contribution in [0, 0.1) is 29.6 Å². The number of carbonyl (C=O) groups excluding carboxylic acids is 4. The first-order valence-electron chi connectivity index (χ1n) is 20.2. The van der Waals surface area contributed by atoms with Gasteiger partial charge in [0, 0.05) is 37.1 Å². The number of nitrogens with zero attached hydrogens (tertiary/aromatic N) is 7. The number of likely N-dealkylation sites (N-methyl/N-ethyl adjacent to an activating group) is 1. The molecule has 3 aliphatic heterocycles. The second kappa shape index (κ2) is 18.2. The van der Waals surface area contributed by atoms with Crippen LogP contribution in [0.5, 0.6) is 0 Å². The van der Waals surface area contributed by atoms with Gasteiger partial charge in [0.1, 0.15) is 36.0 Å². The third kappa shape index (κ3) is 9.17. The summed E-state index contributed by atoms with van der Waals surface area (Å²) in [5, 5.41) is 19.5. The Balaban J connectivity index is 1.49. The molecule has 13 atom stereocenters. The molecule has 19 heteroatoms. The molecular weight excluding hydrogens is 783 g/mol. The van der Waals surface area contributed by atoms with Crippen LogP contribution in [0.4, 0.5) is 15.0 Å². The molecule has 5 heterocycles. The average Bonchev–Trinajstić information content (AvgIpc) is 3.78. The number of ketones is 2. The van der Waals surface area contributed by atoms with Crippen molar-refractivity contribution in [2.45, 2.75) is 141 Å². The molecule has 18 nitrogen and oxygen atoms in total. The largest absolute Gasteiger partial charge is 0.455 e. The van der Waals surface area contributed by atoms with Gasteiger partial charge in [0.15, 0.2) is 23.5 Å². The molecule has 3 fully saturated rings. The maximum absolute atomic E-state index is 16.9. The van der Waals surface area contributed by atoms with Crippen molar-refractivity contribution < 1.29 is 52.4 Å². The van der Waals surface area contributed by atoms with Gasteiger partial charge in [0.2, 0.25) is 0 Å². The summed E-state index contributed by atoms with van der Waals surface area (Å²) in [6.45, 7) is 12.1. The van der Waals surface area contributed by atoms with Gasteiger partial charge in [-0.05, 0) is 67.1 Å². The third-order valence-corrected chi connectivity index (χ3v) is 12.2. The lowest BCUT2D eigenvalue weighted by Gasteiger charge is -2.47. The fourth-order valence-electron chi connectivity index (χ4n) is 8.90. The van der Waals surface area contributed by atoms with Crippen LogP contribution >= 0.6 is 0 Å². The maximum atomic E-state index is 16.9. The average molecular weight is 843 g/mol. The quantitative estimate of drug-likeness (QED) is 0.221. The Morgan fingerprint density at radius 2 is 1.77 bits per heavy atom. The summed E-state index contributed by atoms with van der Waals surface area (Å²) in [7, 11) is 5.00. The number of nitrogens with two attached hydrogens (primary N) is 1. The van der Waals surface area contributed by atoms with E-state index in [0.29, 0.717) is 12.1 Å². The van der Waals surface area contributed by atoms with E-state index in [2.05, 4.69) is 32.1 Å². The minimum atomic E-state index is -3.22. The van der Waals surface area contributed by atoms with E-state index < -0.39 is 83.1 Å². The van der Waals surface area contributed by atoms with E-state index in [-0.39, 0.29) is 55.5 Å². The summed E-state index contributed by atoms with van der Waals surface area (Å²) in [6, 6.07) is 0.0997. The van der Waals surface area contributed by atoms with E-state index in [1.54, 1.807) is 40.0 Å². The predicted molar refractivity (Wildman–Crippen MR) is 213 cm³/mol. The summed E-state index contributed by atoms with van der Waals surface area (Å²) in [6.07, 6.45) is -2.72. The van der Waals surface area contributed by atoms with Crippen LogP contribution < -0.4 is 5.73 Å². The first-order valence-corrected chi connectivity index (χ1v) is 20.2. The zero-order chi connectivity index (χ0) is 44.5. The molecule has 0 aliphatic carbocycles. The fraction of sp³-hybridized carbons (Fsp3) is 0.707. The van der Waals surface area contributed by atoms with Gasteiger partial charge in [-0.25, -0.2) is 28.6 Å². The van der Waals surface area contributed by atoms with Gasteiger partial charge in [0.05, 0.1) is 36.6 Å². The van der Waals surface area contributed by atoms with E-state index in [9.17, 15) is 24.3 Å². The molecular formula is C41H59FN8O10. The Hall–Kier alpha value is -4.61. The second-order valence-electron chi connectivity index (χ2n) is 17.0. The van der Waals surface area contributed by atoms with Crippen molar-refractivity contribution in [3.63, 3.8) is 0 Å². The van der Waals surface area contributed by atoms with Crippen molar-refractivity contribution in [1.29, 1.82) is 0 Å². The second-order valence-corrected chi connectivity index (χ2v) is 17.0. The van der Waals surface area contributed by atoms with Crippen LogP contribution in [0.3, 0.4) is 0 Å². The Morgan fingerprint density at radius 1 is 1.08 bits per heavy atom. The van der Waals surface area contributed by atoms with Crippen molar-refractivity contribution in [2.24, 2.45) is 17.8 Å². The zero-order valence-electron chi connectivity index (χ0n) is 36.2. The van der Waals surface area contributed by atoms with E-state index in [1.807, 2.05) is 25.9 Å². The highest BCUT2D eigenvalue weighted by Gasteiger charge is 2.61. The molecule has 330 valence electrons. The number of hydrogen-bond donors (Lipinski definition) is 2. The van der Waals surface area contributed by atoms with Crippen LogP contribution in [-0.2, 0) is 44.6 Å². The molecule has 0 bridgehead atoms. The summed E-state index contributed by atoms with van der Waals surface area (Å²) in [5.41, 5.74) is -0.251. The minimum Gasteiger partial charge on any atom is -0.455 e. The number of carbonyl (C=O) groups is 4. The number of aromatic nitrogens is 5. The number of Topliss-reactive ketones (excluding diaryl/α,β-unsaturated/α-hetero) is 2. The number of esters is 1. The van der Waals surface area contributed by atoms with Crippen molar-refractivity contribution >= 4 is 29.4 Å². The highest BCUT2D eigenvalue weighted by atomic mass is 19.1. The number of methoxy groups -OCH3 is 1. The van der Waals surface area contributed by atoms with Gasteiger partial charge in [-0.1, -0.05) is 44.7 Å². The molecule has 0 spiro atoms. The summed E-state index contributed by atoms with van der Waals surface area (Å²) >= 11 is 0. The van der Waals surface area contributed by atoms with Crippen LogP contribution in [0.2, 0.25) is 0 Å². The van der Waals surface area contributed by atoms with Gasteiger partial charge in [0.25, 0.3) is 5.67 Å². The van der Waals surface area contributed by atoms with Gasteiger partial charge in [-0.3, -0.25) is 14.5 Å². The smallest absolute Gasteiger partial charge is 0.411 e. The van der Waals surface area contributed by atoms with Crippen molar-refractivity contribution in [1.82, 2.24) is 34.8 Å². The number of amides is 1. The number of anilines is 1. The lowest BCUT2D eigenvalue weighted by molar-refractivity contribution is -0.295. The highest BCUT2D eigenvalue weighted by Crippen LogP contribution is 2.43. The Kier molecular flexibility index (Phi) is 14.1. The Morgan fingerprint density at radius 3 is 2.40 bits per heavy atom. The standard InChI is InChI=1S/C41H59FN8O10/c1-12-28-41(8)32(50(38(55)60-41)18-14-13-17-49-21-26(46-47-49)35-44-16-15-29(43)45-35)24(4)30(51)22(2)20-39(6,56-11)34(25(5)33(53)40(7,42)37(54)58-28)59-36-31(52)27(48(9)10)19-23(3)57-36/h15-16,21-25,27-28,31-32,34,36,52H,12,17-20H2,1-11H3,(H2,43,44,45)/t22-,23-,24+,25+,27?,28-,31?,32-,34-,36+,39-,40+,41-/m1/s1. The molecule has 1 amide bonds. The van der Waals surface area contributed by atoms with E-state index in [4.69, 9.17) is 29.4 Å². The predicted octanol–water partition coefficient (Wildman–Crippen LogP) is 2.62. The van der Waals surface area contributed by atoms with Gasteiger partial charge >= 0.3 is 12.1 Å². The van der Waals surface area contributed by atoms with Crippen LogP contribution in [0.25, 0.3) is 11.5 Å². The number of rotatable bonds is 8. The van der Waals surface area contributed by atoms with Gasteiger partial charge < -0.3 is 39.4 Å². The molecule has 0 aromatic carbocycles. The zero-order valence-corrected chi connectivity index (χ0v) is 36.2. The van der Waals surface area contributed by atoms with E-state index in [0.717, 1.165) is 6.92 Å². The van der Waals surface area contributed by atoms with Crippen LogP contribution in [-0.4, -0.2) is 151 Å². The maximum Gasteiger partial charge on any atom is 0.411 e. The fourth-order valence-corrected chi connectivity index (χ4v) is 8.90. The van der Waals surface area contributed by atoms with E-state index in [1.165, 1.54) is 36.7 Å². The molecule has 0 radical (unpaired) electrons. The topological polar surface area (TPSA) is 224 Å². The lowest BCUT2D eigenvalue weighted by atomic mass is 9.73. The number of halogens is 1. The molecule has 3 saturated heterocycles. The molecule has 2 unspecified atom stereocenters. The number of aliphatic hydroxyl groups is 1. The van der Waals surface area contributed by atoms with Crippen molar-refractivity contribution in [3.05, 3.63) is 18.5 Å². The normalized spacial score (nSPS) is 36.9.